The Kier molecular flexibility index (Phi) is 6.09. The second-order valence-electron chi connectivity index (χ2n) is 6.08. The minimum atomic E-state index is -0.218. The average Bonchev–Trinajstić information content (AvgIpc) is 2.91. The number of ketones is 1. The molecule has 0 saturated heterocycles. The third-order valence-electron chi connectivity index (χ3n) is 3.74. The zero-order valence-electron chi connectivity index (χ0n) is 14.9. The van der Waals surface area contributed by atoms with Gasteiger partial charge in [0.1, 0.15) is 0 Å². The van der Waals surface area contributed by atoms with Gasteiger partial charge < -0.3 is 10.2 Å². The van der Waals surface area contributed by atoms with Gasteiger partial charge in [0.05, 0.1) is 0 Å². The predicted molar refractivity (Wildman–Crippen MR) is 100 cm³/mol. The third kappa shape index (κ3) is 5.00. The predicted octanol–water partition coefficient (Wildman–Crippen LogP) is 3.67. The van der Waals surface area contributed by atoms with Crippen molar-refractivity contribution in [3.05, 3.63) is 51.2 Å². The van der Waals surface area contributed by atoms with E-state index in [9.17, 15) is 14.4 Å². The van der Waals surface area contributed by atoms with Gasteiger partial charge in [-0.3, -0.25) is 14.4 Å². The van der Waals surface area contributed by atoms with E-state index in [4.69, 9.17) is 0 Å². The van der Waals surface area contributed by atoms with Crippen molar-refractivity contribution in [2.24, 2.45) is 0 Å². The molecule has 2 aromatic rings. The first kappa shape index (κ1) is 18.9. The summed E-state index contributed by atoms with van der Waals surface area (Å²) in [4.78, 5) is 39.6. The van der Waals surface area contributed by atoms with Crippen LogP contribution in [0.3, 0.4) is 0 Å². The molecule has 0 saturated carbocycles. The van der Waals surface area contributed by atoms with Crippen molar-refractivity contribution in [2.45, 2.75) is 26.7 Å². The van der Waals surface area contributed by atoms with Crippen LogP contribution in [0.25, 0.3) is 0 Å². The normalized spacial score (nSPS) is 10.4. The summed E-state index contributed by atoms with van der Waals surface area (Å²) in [5.74, 6) is -0.321. The van der Waals surface area contributed by atoms with Gasteiger partial charge in [-0.25, -0.2) is 0 Å². The van der Waals surface area contributed by atoms with Crippen LogP contribution in [-0.4, -0.2) is 36.6 Å². The Balaban J connectivity index is 1.89. The van der Waals surface area contributed by atoms with E-state index in [2.05, 4.69) is 5.32 Å². The molecule has 0 fully saturated rings. The molecule has 0 aliphatic heterocycles. The van der Waals surface area contributed by atoms with Gasteiger partial charge >= 0.3 is 0 Å². The smallest absolute Gasteiger partial charge is 0.253 e. The molecule has 2 rings (SSSR count). The van der Waals surface area contributed by atoms with E-state index in [1.54, 1.807) is 49.7 Å². The van der Waals surface area contributed by atoms with Gasteiger partial charge in [0.2, 0.25) is 5.91 Å². The van der Waals surface area contributed by atoms with Crippen LogP contribution in [0.1, 0.15) is 43.3 Å². The molecule has 0 atom stereocenters. The number of hydrogen-bond donors (Lipinski definition) is 1. The highest BCUT2D eigenvalue weighted by Crippen LogP contribution is 2.22. The first-order valence-corrected chi connectivity index (χ1v) is 8.81. The zero-order valence-corrected chi connectivity index (χ0v) is 15.7. The average molecular weight is 358 g/mol. The topological polar surface area (TPSA) is 66.5 Å². The summed E-state index contributed by atoms with van der Waals surface area (Å²) in [6.07, 6.45) is 0.311. The number of nitrogens with zero attached hydrogens (tertiary/aromatic N) is 1. The highest BCUT2D eigenvalue weighted by Gasteiger charge is 2.14. The van der Waals surface area contributed by atoms with Crippen molar-refractivity contribution in [2.75, 3.05) is 19.4 Å². The first-order chi connectivity index (χ1) is 11.8. The van der Waals surface area contributed by atoms with E-state index in [0.29, 0.717) is 16.8 Å². The molecule has 1 aromatic carbocycles. The van der Waals surface area contributed by atoms with Gasteiger partial charge in [-0.2, -0.15) is 0 Å². The molecule has 1 heterocycles. The van der Waals surface area contributed by atoms with Crippen LogP contribution < -0.4 is 5.32 Å². The number of carbonyl (C=O) groups excluding carboxylic acids is 3. The molecule has 0 radical (unpaired) electrons. The summed E-state index contributed by atoms with van der Waals surface area (Å²) >= 11 is 1.59. The fourth-order valence-corrected chi connectivity index (χ4v) is 3.39. The Morgan fingerprint density at radius 3 is 2.20 bits per heavy atom. The number of amides is 2. The third-order valence-corrected chi connectivity index (χ3v) is 4.71. The molecule has 132 valence electrons. The van der Waals surface area contributed by atoms with E-state index in [0.717, 1.165) is 9.75 Å². The van der Waals surface area contributed by atoms with Gasteiger partial charge in [0, 0.05) is 53.5 Å². The van der Waals surface area contributed by atoms with Gasteiger partial charge in [-0.05, 0) is 44.2 Å². The van der Waals surface area contributed by atoms with Crippen LogP contribution >= 0.6 is 11.3 Å². The van der Waals surface area contributed by atoms with Gasteiger partial charge in [0.15, 0.2) is 5.78 Å². The number of rotatable bonds is 6. The summed E-state index contributed by atoms with van der Waals surface area (Å²) in [6.45, 7) is 3.88. The minimum absolute atomic E-state index is 0.0103. The summed E-state index contributed by atoms with van der Waals surface area (Å²) in [5.41, 5.74) is 1.87. The molecule has 6 heteroatoms. The molecular formula is C19H22N2O3S. The SMILES string of the molecule is Cc1cc(C(=O)CCC(=O)Nc2ccc(C(=O)N(C)C)cc2)c(C)s1. The van der Waals surface area contributed by atoms with Gasteiger partial charge in [-0.15, -0.1) is 11.3 Å². The Hall–Kier alpha value is -2.47. The van der Waals surface area contributed by atoms with E-state index >= 15 is 0 Å². The highest BCUT2D eigenvalue weighted by molar-refractivity contribution is 7.12. The lowest BCUT2D eigenvalue weighted by Crippen LogP contribution is -2.21. The lowest BCUT2D eigenvalue weighted by molar-refractivity contribution is -0.116. The van der Waals surface area contributed by atoms with E-state index in [-0.39, 0.29) is 30.4 Å². The van der Waals surface area contributed by atoms with Crippen molar-refractivity contribution in [1.29, 1.82) is 0 Å². The molecule has 0 bridgehead atoms. The maximum atomic E-state index is 12.2. The molecule has 25 heavy (non-hydrogen) atoms. The first-order valence-electron chi connectivity index (χ1n) is 7.99. The van der Waals surface area contributed by atoms with Crippen LogP contribution in [-0.2, 0) is 4.79 Å². The van der Waals surface area contributed by atoms with Crippen LogP contribution in [0.5, 0.6) is 0 Å². The van der Waals surface area contributed by atoms with Crippen LogP contribution in [0, 0.1) is 13.8 Å². The molecule has 0 unspecified atom stereocenters. The highest BCUT2D eigenvalue weighted by atomic mass is 32.1. The Morgan fingerprint density at radius 2 is 1.68 bits per heavy atom. The second-order valence-corrected chi connectivity index (χ2v) is 7.54. The number of Topliss-reactive ketones (excluding diaryl/α,β-unsaturated/α-hetero) is 1. The molecule has 5 nitrogen and oxygen atoms in total. The molecule has 1 N–H and O–H groups in total. The molecule has 2 amide bonds. The number of anilines is 1. The number of aryl methyl sites for hydroxylation is 2. The fraction of sp³-hybridized carbons (Fsp3) is 0.316. The van der Waals surface area contributed by atoms with Crippen LogP contribution in [0.15, 0.2) is 30.3 Å². The van der Waals surface area contributed by atoms with E-state index in [1.807, 2.05) is 19.9 Å². The molecule has 0 aliphatic rings. The minimum Gasteiger partial charge on any atom is -0.345 e. The quantitative estimate of drug-likeness (QED) is 0.801. The Labute approximate surface area is 151 Å². The number of thiophene rings is 1. The monoisotopic (exact) mass is 358 g/mol. The number of hydrogen-bond acceptors (Lipinski definition) is 4. The Morgan fingerprint density at radius 1 is 1.04 bits per heavy atom. The lowest BCUT2D eigenvalue weighted by Gasteiger charge is -2.11. The molecule has 0 aliphatic carbocycles. The van der Waals surface area contributed by atoms with Gasteiger partial charge in [0.25, 0.3) is 5.91 Å². The number of benzene rings is 1. The number of nitrogens with one attached hydrogen (secondary N) is 1. The van der Waals surface area contributed by atoms with E-state index in [1.165, 1.54) is 4.90 Å². The standard InChI is InChI=1S/C19H22N2O3S/c1-12-11-16(13(2)25-12)17(22)9-10-18(23)20-15-7-5-14(6-8-15)19(24)21(3)4/h5-8,11H,9-10H2,1-4H3,(H,20,23). The molecule has 0 spiro atoms. The summed E-state index contributed by atoms with van der Waals surface area (Å²) in [7, 11) is 3.37. The summed E-state index contributed by atoms with van der Waals surface area (Å²) in [6, 6.07) is 8.58. The maximum absolute atomic E-state index is 12.2. The fourth-order valence-electron chi connectivity index (χ4n) is 2.45. The largest absolute Gasteiger partial charge is 0.345 e. The summed E-state index contributed by atoms with van der Waals surface area (Å²) < 4.78 is 0. The van der Waals surface area contributed by atoms with Crippen molar-refractivity contribution in [1.82, 2.24) is 4.90 Å². The Bertz CT molecular complexity index is 792. The summed E-state index contributed by atoms with van der Waals surface area (Å²) in [5, 5.41) is 2.75. The van der Waals surface area contributed by atoms with Crippen LogP contribution in [0.2, 0.25) is 0 Å². The number of carbonyl (C=O) groups is 3. The maximum Gasteiger partial charge on any atom is 0.253 e. The molecule has 1 aromatic heterocycles. The van der Waals surface area contributed by atoms with Crippen molar-refractivity contribution in [3.63, 3.8) is 0 Å². The second kappa shape index (κ2) is 8.07. The van der Waals surface area contributed by atoms with Gasteiger partial charge in [-0.1, -0.05) is 0 Å². The lowest BCUT2D eigenvalue weighted by atomic mass is 10.1. The zero-order chi connectivity index (χ0) is 18.6. The van der Waals surface area contributed by atoms with Crippen molar-refractivity contribution in [3.8, 4) is 0 Å². The molecular weight excluding hydrogens is 336 g/mol. The van der Waals surface area contributed by atoms with Crippen molar-refractivity contribution >= 4 is 34.6 Å². The van der Waals surface area contributed by atoms with Crippen molar-refractivity contribution < 1.29 is 14.4 Å². The van der Waals surface area contributed by atoms with E-state index < -0.39 is 0 Å². The van der Waals surface area contributed by atoms with Crippen LogP contribution in [0.4, 0.5) is 5.69 Å².